The number of nitrogens with zero attached hydrogens (tertiary/aromatic N) is 1. The van der Waals surface area contributed by atoms with E-state index in [4.69, 9.17) is 0 Å². The molecule has 0 aromatic rings. The van der Waals surface area contributed by atoms with E-state index in [2.05, 4.69) is 32.5 Å². The Morgan fingerprint density at radius 3 is 2.21 bits per heavy atom. The summed E-state index contributed by atoms with van der Waals surface area (Å²) in [7, 11) is 4.36. The highest BCUT2D eigenvalue weighted by atomic mass is 15.1. The molecule has 0 atom stereocenters. The van der Waals surface area contributed by atoms with Crippen LogP contribution in [0.2, 0.25) is 0 Å². The molecule has 1 aliphatic rings. The fraction of sp³-hybridized carbons (Fsp3) is 0.846. The molecular formula is C13H25N. The van der Waals surface area contributed by atoms with Crippen LogP contribution in [0.15, 0.2) is 12.2 Å². The van der Waals surface area contributed by atoms with Crippen molar-refractivity contribution in [2.75, 3.05) is 20.6 Å². The molecule has 0 saturated heterocycles. The second-order valence-electron chi connectivity index (χ2n) is 4.99. The molecule has 0 spiro atoms. The van der Waals surface area contributed by atoms with Gasteiger partial charge in [0.15, 0.2) is 0 Å². The van der Waals surface area contributed by atoms with Crippen molar-refractivity contribution in [3.05, 3.63) is 12.2 Å². The summed E-state index contributed by atoms with van der Waals surface area (Å²) in [4.78, 5) is 2.32. The molecule has 0 aromatic carbocycles. The third-order valence-electron chi connectivity index (χ3n) is 3.50. The Kier molecular flexibility index (Phi) is 4.67. The van der Waals surface area contributed by atoms with E-state index >= 15 is 0 Å². The molecule has 1 rings (SSSR count). The molecule has 0 bridgehead atoms. The molecule has 0 aliphatic heterocycles. The maximum Gasteiger partial charge on any atom is 0.000356 e. The van der Waals surface area contributed by atoms with E-state index in [1.807, 2.05) is 0 Å². The van der Waals surface area contributed by atoms with Crippen LogP contribution < -0.4 is 0 Å². The molecule has 1 saturated carbocycles. The quantitative estimate of drug-likeness (QED) is 0.622. The van der Waals surface area contributed by atoms with Gasteiger partial charge in [0.05, 0.1) is 0 Å². The van der Waals surface area contributed by atoms with Crippen LogP contribution in [0.1, 0.15) is 39.0 Å². The molecule has 82 valence electrons. The topological polar surface area (TPSA) is 3.24 Å². The van der Waals surface area contributed by atoms with Gasteiger partial charge >= 0.3 is 0 Å². The van der Waals surface area contributed by atoms with Crippen molar-refractivity contribution in [1.82, 2.24) is 4.90 Å². The lowest BCUT2D eigenvalue weighted by Crippen LogP contribution is -2.26. The van der Waals surface area contributed by atoms with Gasteiger partial charge < -0.3 is 4.90 Å². The van der Waals surface area contributed by atoms with Crippen LogP contribution in [-0.2, 0) is 0 Å². The van der Waals surface area contributed by atoms with Crippen molar-refractivity contribution in [1.29, 1.82) is 0 Å². The van der Waals surface area contributed by atoms with Gasteiger partial charge in [-0.15, -0.1) is 0 Å². The van der Waals surface area contributed by atoms with Crippen LogP contribution >= 0.6 is 0 Å². The Morgan fingerprint density at radius 1 is 1.21 bits per heavy atom. The van der Waals surface area contributed by atoms with E-state index in [1.165, 1.54) is 44.2 Å². The first-order valence-electron chi connectivity index (χ1n) is 5.95. The Labute approximate surface area is 89.2 Å². The smallest absolute Gasteiger partial charge is 0.000356 e. The average Bonchev–Trinajstić information content (AvgIpc) is 2.17. The normalized spacial score (nSPS) is 28.0. The monoisotopic (exact) mass is 195 g/mol. The molecule has 0 unspecified atom stereocenters. The van der Waals surface area contributed by atoms with Crippen LogP contribution in [0.5, 0.6) is 0 Å². The molecule has 1 aliphatic carbocycles. The lowest BCUT2D eigenvalue weighted by molar-refractivity contribution is 0.236. The first kappa shape index (κ1) is 11.8. The number of rotatable bonds is 4. The van der Waals surface area contributed by atoms with Crippen molar-refractivity contribution in [3.8, 4) is 0 Å². The van der Waals surface area contributed by atoms with E-state index in [9.17, 15) is 0 Å². The van der Waals surface area contributed by atoms with Gasteiger partial charge in [0.1, 0.15) is 0 Å². The van der Waals surface area contributed by atoms with Gasteiger partial charge in [-0.2, -0.15) is 0 Å². The Hall–Kier alpha value is -0.300. The predicted molar refractivity (Wildman–Crippen MR) is 63.4 cm³/mol. The zero-order chi connectivity index (χ0) is 10.6. The summed E-state index contributed by atoms with van der Waals surface area (Å²) < 4.78 is 0. The average molecular weight is 195 g/mol. The van der Waals surface area contributed by atoms with Crippen LogP contribution in [0.4, 0.5) is 0 Å². The van der Waals surface area contributed by atoms with Crippen LogP contribution in [0.3, 0.4) is 0 Å². The van der Waals surface area contributed by atoms with Crippen molar-refractivity contribution in [2.45, 2.75) is 39.0 Å². The van der Waals surface area contributed by atoms with Crippen molar-refractivity contribution >= 4 is 0 Å². The van der Waals surface area contributed by atoms with Crippen molar-refractivity contribution in [2.24, 2.45) is 11.8 Å². The van der Waals surface area contributed by atoms with Crippen LogP contribution in [-0.4, -0.2) is 25.5 Å². The summed E-state index contributed by atoms with van der Waals surface area (Å²) in [6.45, 7) is 7.67. The first-order valence-corrected chi connectivity index (χ1v) is 5.95. The summed E-state index contributed by atoms with van der Waals surface area (Å²) in [6, 6.07) is 0. The zero-order valence-electron chi connectivity index (χ0n) is 10.1. The lowest BCUT2D eigenvalue weighted by Gasteiger charge is -2.31. The molecule has 0 amide bonds. The zero-order valence-corrected chi connectivity index (χ0v) is 10.1. The van der Waals surface area contributed by atoms with Gasteiger partial charge in [0.25, 0.3) is 0 Å². The Morgan fingerprint density at radius 2 is 1.79 bits per heavy atom. The molecule has 0 aromatic heterocycles. The lowest BCUT2D eigenvalue weighted by atomic mass is 9.78. The Bertz CT molecular complexity index is 176. The van der Waals surface area contributed by atoms with E-state index in [1.54, 1.807) is 0 Å². The Balaban J connectivity index is 2.27. The first-order chi connectivity index (χ1) is 6.63. The van der Waals surface area contributed by atoms with E-state index in [0.717, 1.165) is 11.8 Å². The van der Waals surface area contributed by atoms with Crippen molar-refractivity contribution in [3.63, 3.8) is 0 Å². The van der Waals surface area contributed by atoms with Gasteiger partial charge in [-0.05, 0) is 58.0 Å². The minimum absolute atomic E-state index is 0.832. The maximum absolute atomic E-state index is 4.17. The minimum Gasteiger partial charge on any atom is -0.309 e. The number of allylic oxidation sites excluding steroid dienone is 1. The number of hydrogen-bond donors (Lipinski definition) is 0. The maximum atomic E-state index is 4.17. The van der Waals surface area contributed by atoms with Crippen LogP contribution in [0.25, 0.3) is 0 Å². The summed E-state index contributed by atoms with van der Waals surface area (Å²) in [5.41, 5.74) is 1.48. The van der Waals surface area contributed by atoms with E-state index in [0.29, 0.717) is 0 Å². The highest BCUT2D eigenvalue weighted by molar-refractivity contribution is 5.01. The molecular weight excluding hydrogens is 170 g/mol. The molecule has 1 fully saturated rings. The summed E-state index contributed by atoms with van der Waals surface area (Å²) >= 11 is 0. The second kappa shape index (κ2) is 5.55. The fourth-order valence-electron chi connectivity index (χ4n) is 2.56. The van der Waals surface area contributed by atoms with Gasteiger partial charge in [-0.25, -0.2) is 0 Å². The minimum atomic E-state index is 0.832. The molecule has 0 heterocycles. The van der Waals surface area contributed by atoms with Gasteiger partial charge in [0.2, 0.25) is 0 Å². The third kappa shape index (κ3) is 3.45. The molecule has 1 heteroatoms. The highest BCUT2D eigenvalue weighted by Crippen LogP contribution is 2.33. The molecule has 0 radical (unpaired) electrons. The van der Waals surface area contributed by atoms with Crippen LogP contribution in [0, 0.1) is 11.8 Å². The fourth-order valence-corrected chi connectivity index (χ4v) is 2.56. The molecule has 1 nitrogen and oxygen atoms in total. The molecule has 14 heavy (non-hydrogen) atoms. The number of hydrogen-bond acceptors (Lipinski definition) is 1. The van der Waals surface area contributed by atoms with E-state index < -0.39 is 0 Å². The standard InChI is InChI=1S/C13H25N/c1-5-11(2)13-8-6-12(7-9-13)10-14(3)4/h12-13H,2,5-10H2,1,3-4H3. The van der Waals surface area contributed by atoms with E-state index in [-0.39, 0.29) is 0 Å². The van der Waals surface area contributed by atoms with Crippen molar-refractivity contribution < 1.29 is 0 Å². The third-order valence-corrected chi connectivity index (χ3v) is 3.50. The SMILES string of the molecule is C=C(CC)C1CCC(CN(C)C)CC1. The predicted octanol–water partition coefficient (Wildman–Crippen LogP) is 3.32. The second-order valence-corrected chi connectivity index (χ2v) is 4.99. The largest absolute Gasteiger partial charge is 0.309 e. The summed E-state index contributed by atoms with van der Waals surface area (Å²) in [5.74, 6) is 1.77. The summed E-state index contributed by atoms with van der Waals surface area (Å²) in [5, 5.41) is 0. The van der Waals surface area contributed by atoms with Gasteiger partial charge in [-0.3, -0.25) is 0 Å². The summed E-state index contributed by atoms with van der Waals surface area (Å²) in [6.07, 6.45) is 6.74. The highest BCUT2D eigenvalue weighted by Gasteiger charge is 2.22. The molecule has 0 N–H and O–H groups in total. The van der Waals surface area contributed by atoms with Gasteiger partial charge in [-0.1, -0.05) is 19.1 Å². The van der Waals surface area contributed by atoms with Gasteiger partial charge in [0, 0.05) is 6.54 Å².